The molecule has 0 saturated heterocycles. The molecule has 16 heavy (non-hydrogen) atoms. The Morgan fingerprint density at radius 1 is 1.00 bits per heavy atom. The summed E-state index contributed by atoms with van der Waals surface area (Å²) in [6, 6.07) is 14.7. The maximum Gasteiger partial charge on any atom is 0.0565 e. The average Bonchev–Trinajstić information content (AvgIpc) is 2.35. The Morgan fingerprint density at radius 2 is 1.81 bits per heavy atom. The van der Waals surface area contributed by atoms with E-state index < -0.39 is 0 Å². The molecule has 0 fully saturated rings. The lowest BCUT2D eigenvalue weighted by Crippen LogP contribution is -2.22. The van der Waals surface area contributed by atoms with E-state index in [1.807, 2.05) is 0 Å². The number of hydrogen-bond acceptors (Lipinski definition) is 2. The second-order valence-corrected chi connectivity index (χ2v) is 3.93. The molecule has 0 amide bonds. The normalized spacial score (nSPS) is 10.6. The lowest BCUT2D eigenvalue weighted by molar-refractivity contribution is 0.704. The van der Waals surface area contributed by atoms with Gasteiger partial charge in [-0.2, -0.15) is 0 Å². The summed E-state index contributed by atoms with van der Waals surface area (Å²) in [7, 11) is 0. The van der Waals surface area contributed by atoms with Crippen molar-refractivity contribution in [3.63, 3.8) is 0 Å². The molecule has 84 valence electrons. The number of benzene rings is 2. The molecule has 0 spiro atoms. The van der Waals surface area contributed by atoms with Crippen molar-refractivity contribution in [2.75, 3.05) is 12.0 Å². The molecule has 0 aromatic heterocycles. The van der Waals surface area contributed by atoms with Gasteiger partial charge >= 0.3 is 0 Å². The van der Waals surface area contributed by atoms with E-state index in [4.69, 9.17) is 0 Å². The van der Waals surface area contributed by atoms with Crippen molar-refractivity contribution in [2.45, 2.75) is 19.8 Å². The first kappa shape index (κ1) is 11.0. The predicted molar refractivity (Wildman–Crippen MR) is 70.5 cm³/mol. The third kappa shape index (κ3) is 2.52. The summed E-state index contributed by atoms with van der Waals surface area (Å²) in [4.78, 5) is 0. The Labute approximate surface area is 96.6 Å². The van der Waals surface area contributed by atoms with Crippen molar-refractivity contribution in [1.82, 2.24) is 5.43 Å². The molecule has 0 saturated carbocycles. The second kappa shape index (κ2) is 5.52. The van der Waals surface area contributed by atoms with E-state index in [9.17, 15) is 0 Å². The number of hydrazine groups is 1. The topological polar surface area (TPSA) is 24.1 Å². The standard InChI is InChI=1S/C14H18N2/c1-2-3-11-15-16-14-10-6-8-12-7-4-5-9-13(12)14/h4-10,15-16H,2-3,11H2,1H3. The highest BCUT2D eigenvalue weighted by molar-refractivity contribution is 5.93. The highest BCUT2D eigenvalue weighted by Gasteiger charge is 1.97. The molecule has 0 aliphatic carbocycles. The number of fused-ring (bicyclic) bond motifs is 1. The molecule has 0 bridgehead atoms. The minimum atomic E-state index is 1.000. The zero-order chi connectivity index (χ0) is 11.2. The number of rotatable bonds is 5. The minimum absolute atomic E-state index is 1.000. The summed E-state index contributed by atoms with van der Waals surface area (Å²) in [5, 5.41) is 2.53. The first-order chi connectivity index (χ1) is 7.92. The molecule has 0 unspecified atom stereocenters. The molecule has 2 aromatic carbocycles. The molecule has 2 N–H and O–H groups in total. The van der Waals surface area contributed by atoms with E-state index in [2.05, 4.69) is 60.2 Å². The van der Waals surface area contributed by atoms with Crippen LogP contribution in [0, 0.1) is 0 Å². The van der Waals surface area contributed by atoms with Gasteiger partial charge in [0, 0.05) is 11.9 Å². The van der Waals surface area contributed by atoms with Crippen LogP contribution < -0.4 is 10.9 Å². The van der Waals surface area contributed by atoms with E-state index >= 15 is 0 Å². The molecule has 2 aromatic rings. The lowest BCUT2D eigenvalue weighted by Gasteiger charge is -2.10. The van der Waals surface area contributed by atoms with Gasteiger partial charge in [0.2, 0.25) is 0 Å². The van der Waals surface area contributed by atoms with Crippen LogP contribution in [0.1, 0.15) is 19.8 Å². The van der Waals surface area contributed by atoms with Crippen molar-refractivity contribution >= 4 is 16.5 Å². The van der Waals surface area contributed by atoms with Gasteiger partial charge in [-0.25, -0.2) is 5.43 Å². The Balaban J connectivity index is 2.11. The number of anilines is 1. The maximum atomic E-state index is 3.27. The van der Waals surface area contributed by atoms with Gasteiger partial charge in [-0.15, -0.1) is 0 Å². The Bertz CT molecular complexity index is 446. The van der Waals surface area contributed by atoms with Crippen LogP contribution in [0.4, 0.5) is 5.69 Å². The fourth-order valence-electron chi connectivity index (χ4n) is 1.76. The van der Waals surface area contributed by atoms with Crippen LogP contribution in [-0.4, -0.2) is 6.54 Å². The van der Waals surface area contributed by atoms with E-state index in [0.717, 1.165) is 12.2 Å². The van der Waals surface area contributed by atoms with Gasteiger partial charge in [0.1, 0.15) is 0 Å². The van der Waals surface area contributed by atoms with E-state index in [1.54, 1.807) is 0 Å². The summed E-state index contributed by atoms with van der Waals surface area (Å²) >= 11 is 0. The van der Waals surface area contributed by atoms with Gasteiger partial charge in [-0.3, -0.25) is 0 Å². The van der Waals surface area contributed by atoms with Crippen molar-refractivity contribution in [2.24, 2.45) is 0 Å². The Hall–Kier alpha value is -1.54. The highest BCUT2D eigenvalue weighted by Crippen LogP contribution is 2.21. The molecule has 0 radical (unpaired) electrons. The monoisotopic (exact) mass is 214 g/mol. The number of unbranched alkanes of at least 4 members (excludes halogenated alkanes) is 1. The van der Waals surface area contributed by atoms with Crippen molar-refractivity contribution < 1.29 is 0 Å². The fraction of sp³-hybridized carbons (Fsp3) is 0.286. The van der Waals surface area contributed by atoms with Crippen LogP contribution in [-0.2, 0) is 0 Å². The predicted octanol–water partition coefficient (Wildman–Crippen LogP) is 3.56. The third-order valence-electron chi connectivity index (χ3n) is 2.67. The number of nitrogens with one attached hydrogen (secondary N) is 2. The molecule has 0 heterocycles. The van der Waals surface area contributed by atoms with Crippen molar-refractivity contribution in [1.29, 1.82) is 0 Å². The van der Waals surface area contributed by atoms with Crippen molar-refractivity contribution in [3.8, 4) is 0 Å². The van der Waals surface area contributed by atoms with Crippen molar-refractivity contribution in [3.05, 3.63) is 42.5 Å². The van der Waals surface area contributed by atoms with E-state index in [-0.39, 0.29) is 0 Å². The maximum absolute atomic E-state index is 3.27. The van der Waals surface area contributed by atoms with Gasteiger partial charge in [0.15, 0.2) is 0 Å². The van der Waals surface area contributed by atoms with E-state index in [0.29, 0.717) is 0 Å². The second-order valence-electron chi connectivity index (χ2n) is 3.93. The van der Waals surface area contributed by atoms with Crippen LogP contribution in [0.2, 0.25) is 0 Å². The van der Waals surface area contributed by atoms with Crippen LogP contribution in [0.5, 0.6) is 0 Å². The van der Waals surface area contributed by atoms with Crippen LogP contribution in [0.25, 0.3) is 10.8 Å². The quantitative estimate of drug-likeness (QED) is 0.587. The van der Waals surface area contributed by atoms with Crippen LogP contribution in [0.3, 0.4) is 0 Å². The molecule has 2 nitrogen and oxygen atoms in total. The summed E-state index contributed by atoms with van der Waals surface area (Å²) in [5.41, 5.74) is 7.66. The van der Waals surface area contributed by atoms with Gasteiger partial charge < -0.3 is 5.43 Å². The third-order valence-corrected chi connectivity index (χ3v) is 2.67. The summed E-state index contributed by atoms with van der Waals surface area (Å²) in [5.74, 6) is 0. The molecule has 0 aliphatic rings. The van der Waals surface area contributed by atoms with Gasteiger partial charge in [-0.1, -0.05) is 49.7 Å². The lowest BCUT2D eigenvalue weighted by atomic mass is 10.1. The molecule has 0 atom stereocenters. The van der Waals surface area contributed by atoms with Crippen LogP contribution >= 0.6 is 0 Å². The van der Waals surface area contributed by atoms with Gasteiger partial charge in [-0.05, 0) is 17.9 Å². The summed E-state index contributed by atoms with van der Waals surface area (Å²) < 4.78 is 0. The van der Waals surface area contributed by atoms with E-state index in [1.165, 1.54) is 23.6 Å². The highest BCUT2D eigenvalue weighted by atomic mass is 15.3. The largest absolute Gasteiger partial charge is 0.321 e. The van der Waals surface area contributed by atoms with Crippen LogP contribution in [0.15, 0.2) is 42.5 Å². The molecule has 0 aliphatic heterocycles. The molecule has 2 heteroatoms. The first-order valence-electron chi connectivity index (χ1n) is 5.88. The Morgan fingerprint density at radius 3 is 2.69 bits per heavy atom. The molecular weight excluding hydrogens is 196 g/mol. The SMILES string of the molecule is CCCCNNc1cccc2ccccc12. The summed E-state index contributed by atoms with van der Waals surface area (Å²) in [6.07, 6.45) is 2.40. The smallest absolute Gasteiger partial charge is 0.0565 e. The zero-order valence-corrected chi connectivity index (χ0v) is 9.66. The van der Waals surface area contributed by atoms with Gasteiger partial charge in [0.25, 0.3) is 0 Å². The van der Waals surface area contributed by atoms with Gasteiger partial charge in [0.05, 0.1) is 5.69 Å². The first-order valence-corrected chi connectivity index (χ1v) is 5.88. The minimum Gasteiger partial charge on any atom is -0.321 e. The average molecular weight is 214 g/mol. The molecular formula is C14H18N2. The zero-order valence-electron chi connectivity index (χ0n) is 9.66. The molecule has 2 rings (SSSR count). The number of hydrogen-bond donors (Lipinski definition) is 2. The summed E-state index contributed by atoms with van der Waals surface area (Å²) in [6.45, 7) is 3.19. The Kier molecular flexibility index (Phi) is 3.78. The fourth-order valence-corrected chi connectivity index (χ4v) is 1.76.